The van der Waals surface area contributed by atoms with E-state index in [2.05, 4.69) is 34.7 Å². The third kappa shape index (κ3) is 2.59. The standard InChI is InChI=1S/C20H24INO4/c1-2-25-18(24)19-13-15-8-5-6-11-20(15,26-19)22(17(19)23)12-10-14-7-3-4-9-16(14)21/h3-4,7,9,15H,2,5-6,8,10-13H2,1H3/t15-,19+,20-/m1/s1. The molecule has 2 aliphatic heterocycles. The fourth-order valence-electron chi connectivity index (χ4n) is 4.90. The van der Waals surface area contributed by atoms with Crippen LogP contribution < -0.4 is 0 Å². The summed E-state index contributed by atoms with van der Waals surface area (Å²) in [5, 5.41) is 0. The lowest BCUT2D eigenvalue weighted by molar-refractivity contribution is -0.174. The Morgan fingerprint density at radius 3 is 2.96 bits per heavy atom. The Hall–Kier alpha value is -1.15. The predicted octanol–water partition coefficient (Wildman–Crippen LogP) is 3.28. The molecule has 1 saturated carbocycles. The number of esters is 1. The van der Waals surface area contributed by atoms with Gasteiger partial charge in [0.2, 0.25) is 5.60 Å². The van der Waals surface area contributed by atoms with E-state index in [4.69, 9.17) is 9.47 Å². The summed E-state index contributed by atoms with van der Waals surface area (Å²) in [6.07, 6.45) is 5.23. The molecular formula is C20H24INO4. The average Bonchev–Trinajstić information content (AvgIpc) is 3.10. The van der Waals surface area contributed by atoms with Crippen molar-refractivity contribution in [2.75, 3.05) is 13.2 Å². The maximum atomic E-state index is 13.3. The van der Waals surface area contributed by atoms with E-state index in [-0.39, 0.29) is 18.4 Å². The van der Waals surface area contributed by atoms with E-state index < -0.39 is 17.3 Å². The molecule has 1 amide bonds. The largest absolute Gasteiger partial charge is 0.463 e. The van der Waals surface area contributed by atoms with Crippen molar-refractivity contribution in [3.8, 4) is 0 Å². The van der Waals surface area contributed by atoms with Crippen molar-refractivity contribution in [3.05, 3.63) is 33.4 Å². The number of ether oxygens (including phenoxy) is 2. The Morgan fingerprint density at radius 1 is 1.38 bits per heavy atom. The van der Waals surface area contributed by atoms with Crippen LogP contribution in [-0.2, 0) is 25.5 Å². The van der Waals surface area contributed by atoms with Gasteiger partial charge in [0, 0.05) is 22.5 Å². The number of rotatable bonds is 5. The second-order valence-corrected chi connectivity index (χ2v) is 8.60. The molecule has 6 heteroatoms. The second-order valence-electron chi connectivity index (χ2n) is 7.44. The number of fused-ring (bicyclic) bond motifs is 1. The van der Waals surface area contributed by atoms with E-state index in [0.29, 0.717) is 13.0 Å². The molecule has 0 radical (unpaired) electrons. The van der Waals surface area contributed by atoms with Crippen LogP contribution in [0.2, 0.25) is 0 Å². The highest BCUT2D eigenvalue weighted by Crippen LogP contribution is 2.58. The number of carbonyl (C=O) groups excluding carboxylic acids is 2. The zero-order valence-electron chi connectivity index (χ0n) is 15.0. The molecule has 140 valence electrons. The normalized spacial score (nSPS) is 32.6. The SMILES string of the molecule is CCOC(=O)[C@@]12C[C@H]3CCCC[C@]3(O1)N(CCc1ccccc1I)C2=O. The zero-order valence-corrected chi connectivity index (χ0v) is 17.2. The van der Waals surface area contributed by atoms with Crippen LogP contribution in [0.15, 0.2) is 24.3 Å². The minimum Gasteiger partial charge on any atom is -0.463 e. The molecule has 1 aromatic rings. The molecule has 0 aromatic heterocycles. The summed E-state index contributed by atoms with van der Waals surface area (Å²) in [6.45, 7) is 2.61. The number of benzene rings is 1. The Labute approximate surface area is 167 Å². The number of nitrogens with zero attached hydrogens (tertiary/aromatic N) is 1. The van der Waals surface area contributed by atoms with Crippen molar-refractivity contribution < 1.29 is 19.1 Å². The lowest BCUT2D eigenvalue weighted by atomic mass is 9.74. The van der Waals surface area contributed by atoms with Gasteiger partial charge < -0.3 is 14.4 Å². The highest BCUT2D eigenvalue weighted by Gasteiger charge is 2.74. The number of piperidine rings is 1. The van der Waals surface area contributed by atoms with E-state index >= 15 is 0 Å². The van der Waals surface area contributed by atoms with Crippen LogP contribution in [0.4, 0.5) is 0 Å². The monoisotopic (exact) mass is 469 g/mol. The summed E-state index contributed by atoms with van der Waals surface area (Å²) >= 11 is 2.33. The van der Waals surface area contributed by atoms with Gasteiger partial charge in [-0.3, -0.25) is 4.79 Å². The van der Waals surface area contributed by atoms with Crippen LogP contribution in [0, 0.1) is 9.49 Å². The number of likely N-dealkylation sites (tertiary alicyclic amines) is 1. The second kappa shape index (κ2) is 6.78. The van der Waals surface area contributed by atoms with Crippen LogP contribution >= 0.6 is 22.6 Å². The number of hydrogen-bond acceptors (Lipinski definition) is 4. The summed E-state index contributed by atoms with van der Waals surface area (Å²) in [6, 6.07) is 8.21. The summed E-state index contributed by atoms with van der Waals surface area (Å²) in [5.74, 6) is -0.469. The third-order valence-electron chi connectivity index (χ3n) is 6.08. The first-order valence-electron chi connectivity index (χ1n) is 9.46. The lowest BCUT2D eigenvalue weighted by Crippen LogP contribution is -2.58. The molecule has 26 heavy (non-hydrogen) atoms. The van der Waals surface area contributed by atoms with E-state index in [1.54, 1.807) is 6.92 Å². The minimum absolute atomic E-state index is 0.194. The van der Waals surface area contributed by atoms with Crippen molar-refractivity contribution in [2.45, 2.75) is 56.8 Å². The Balaban J connectivity index is 1.63. The minimum atomic E-state index is -1.41. The number of halogens is 1. The van der Waals surface area contributed by atoms with Gasteiger partial charge in [-0.1, -0.05) is 24.6 Å². The summed E-state index contributed by atoms with van der Waals surface area (Å²) < 4.78 is 12.7. The van der Waals surface area contributed by atoms with Crippen LogP contribution in [0.3, 0.4) is 0 Å². The van der Waals surface area contributed by atoms with Gasteiger partial charge >= 0.3 is 5.97 Å². The van der Waals surface area contributed by atoms with E-state index in [9.17, 15) is 9.59 Å². The number of hydrogen-bond donors (Lipinski definition) is 0. The first kappa shape index (κ1) is 18.2. The lowest BCUT2D eigenvalue weighted by Gasteiger charge is -2.44. The average molecular weight is 469 g/mol. The molecule has 2 saturated heterocycles. The van der Waals surface area contributed by atoms with Crippen molar-refractivity contribution in [1.82, 2.24) is 4.90 Å². The molecule has 1 aromatic carbocycles. The molecule has 3 fully saturated rings. The van der Waals surface area contributed by atoms with Gasteiger partial charge in [-0.05, 0) is 66.8 Å². The molecule has 3 atom stereocenters. The van der Waals surface area contributed by atoms with Gasteiger partial charge in [0.25, 0.3) is 5.91 Å². The molecule has 3 aliphatic rings. The summed E-state index contributed by atoms with van der Waals surface area (Å²) in [5.41, 5.74) is -0.797. The van der Waals surface area contributed by atoms with Gasteiger partial charge in [0.05, 0.1) is 6.61 Å². The maximum Gasteiger partial charge on any atom is 0.348 e. The van der Waals surface area contributed by atoms with Gasteiger partial charge in [0.15, 0.2) is 0 Å². The van der Waals surface area contributed by atoms with Gasteiger partial charge in [-0.2, -0.15) is 0 Å². The predicted molar refractivity (Wildman–Crippen MR) is 104 cm³/mol. The van der Waals surface area contributed by atoms with Crippen LogP contribution in [0.5, 0.6) is 0 Å². The van der Waals surface area contributed by atoms with Crippen molar-refractivity contribution in [3.63, 3.8) is 0 Å². The number of amides is 1. The maximum absolute atomic E-state index is 13.3. The molecule has 0 N–H and O–H groups in total. The molecule has 4 rings (SSSR count). The topological polar surface area (TPSA) is 55.8 Å². The molecule has 5 nitrogen and oxygen atoms in total. The van der Waals surface area contributed by atoms with Crippen LogP contribution in [0.1, 0.15) is 44.6 Å². The van der Waals surface area contributed by atoms with E-state index in [0.717, 1.165) is 32.1 Å². The van der Waals surface area contributed by atoms with Gasteiger partial charge in [-0.15, -0.1) is 0 Å². The first-order chi connectivity index (χ1) is 12.5. The fraction of sp³-hybridized carbons (Fsp3) is 0.600. The smallest absolute Gasteiger partial charge is 0.348 e. The fourth-order valence-corrected chi connectivity index (χ4v) is 5.56. The third-order valence-corrected chi connectivity index (χ3v) is 7.13. The Morgan fingerprint density at radius 2 is 2.19 bits per heavy atom. The molecule has 0 unspecified atom stereocenters. The van der Waals surface area contributed by atoms with Gasteiger partial charge in [0.1, 0.15) is 5.72 Å². The van der Waals surface area contributed by atoms with Crippen molar-refractivity contribution >= 4 is 34.5 Å². The zero-order chi connectivity index (χ0) is 18.4. The van der Waals surface area contributed by atoms with E-state index in [1.165, 1.54) is 9.13 Å². The van der Waals surface area contributed by atoms with E-state index in [1.807, 2.05) is 17.0 Å². The molecule has 1 spiro atoms. The van der Waals surface area contributed by atoms with Crippen LogP contribution in [-0.4, -0.2) is 41.3 Å². The molecule has 2 heterocycles. The number of carbonyl (C=O) groups is 2. The first-order valence-corrected chi connectivity index (χ1v) is 10.5. The highest BCUT2D eigenvalue weighted by molar-refractivity contribution is 14.1. The Kier molecular flexibility index (Phi) is 4.75. The molecule has 2 bridgehead atoms. The molecular weight excluding hydrogens is 445 g/mol. The summed E-state index contributed by atoms with van der Waals surface area (Å²) in [7, 11) is 0. The van der Waals surface area contributed by atoms with Crippen LogP contribution in [0.25, 0.3) is 0 Å². The summed E-state index contributed by atoms with van der Waals surface area (Å²) in [4.78, 5) is 27.8. The van der Waals surface area contributed by atoms with Crippen molar-refractivity contribution in [2.24, 2.45) is 5.92 Å². The highest BCUT2D eigenvalue weighted by atomic mass is 127. The molecule has 1 aliphatic carbocycles. The van der Waals surface area contributed by atoms with Crippen molar-refractivity contribution in [1.29, 1.82) is 0 Å². The van der Waals surface area contributed by atoms with Gasteiger partial charge in [-0.25, -0.2) is 4.79 Å². The quantitative estimate of drug-likeness (QED) is 0.378. The Bertz CT molecular complexity index is 738.